The third-order valence-electron chi connectivity index (χ3n) is 4.96. The highest BCUT2D eigenvalue weighted by atomic mass is 16.5. The summed E-state index contributed by atoms with van der Waals surface area (Å²) in [5.41, 5.74) is 9.21. The molecule has 168 valence electrons. The molecule has 3 rings (SSSR count). The van der Waals surface area contributed by atoms with Gasteiger partial charge in [0.05, 0.1) is 25.3 Å². The summed E-state index contributed by atoms with van der Waals surface area (Å²) in [5, 5.41) is 15.1. The number of aryl methyl sites for hydroxylation is 1. The molecule has 2 aromatic carbocycles. The van der Waals surface area contributed by atoms with Crippen LogP contribution in [0.25, 0.3) is 10.8 Å². The van der Waals surface area contributed by atoms with Crippen LogP contribution in [-0.4, -0.2) is 44.2 Å². The Morgan fingerprint density at radius 3 is 2.69 bits per heavy atom. The van der Waals surface area contributed by atoms with Crippen molar-refractivity contribution >= 4 is 22.6 Å². The second kappa shape index (κ2) is 10.4. The molecule has 0 spiro atoms. The van der Waals surface area contributed by atoms with Crippen molar-refractivity contribution in [2.75, 3.05) is 6.54 Å². The summed E-state index contributed by atoms with van der Waals surface area (Å²) in [7, 11) is 1.77. The van der Waals surface area contributed by atoms with Crippen LogP contribution < -0.4 is 22.4 Å². The zero-order valence-corrected chi connectivity index (χ0v) is 17.7. The second-order valence-corrected chi connectivity index (χ2v) is 7.54. The van der Waals surface area contributed by atoms with Gasteiger partial charge in [0, 0.05) is 25.1 Å². The summed E-state index contributed by atoms with van der Waals surface area (Å²) in [4.78, 5) is 27.9. The van der Waals surface area contributed by atoms with E-state index in [0.29, 0.717) is 12.1 Å². The monoisotopic (exact) mass is 437 g/mol. The van der Waals surface area contributed by atoms with Crippen LogP contribution in [0.15, 0.2) is 66.9 Å². The number of hydroxylamine groups is 1. The van der Waals surface area contributed by atoms with Gasteiger partial charge in [-0.05, 0) is 22.8 Å². The van der Waals surface area contributed by atoms with Crippen molar-refractivity contribution in [3.8, 4) is 0 Å². The fourth-order valence-corrected chi connectivity index (χ4v) is 3.33. The molecule has 0 saturated carbocycles. The van der Waals surface area contributed by atoms with Crippen LogP contribution in [-0.2, 0) is 18.3 Å². The smallest absolute Gasteiger partial charge is 0.271 e. The van der Waals surface area contributed by atoms with Gasteiger partial charge in [0.1, 0.15) is 5.69 Å². The Bertz CT molecular complexity index is 1130. The van der Waals surface area contributed by atoms with E-state index in [0.717, 1.165) is 16.3 Å². The number of hydrazine groups is 1. The number of nitrogens with two attached hydrogens (primary N) is 2. The first kappa shape index (κ1) is 22.8. The fourth-order valence-electron chi connectivity index (χ4n) is 3.33. The number of hydrogen-bond donors (Lipinski definition) is 5. The first-order chi connectivity index (χ1) is 15.4. The summed E-state index contributed by atoms with van der Waals surface area (Å²) < 4.78 is 1.67. The summed E-state index contributed by atoms with van der Waals surface area (Å²) in [5.74, 6) is 5.26. The number of nitrogens with one attached hydrogen (secondary N) is 2. The summed E-state index contributed by atoms with van der Waals surface area (Å²) in [6.07, 6.45) is 4.98. The number of fused-ring (bicyclic) bond motifs is 1. The molecule has 1 unspecified atom stereocenters. The molecule has 0 aliphatic heterocycles. The number of hydrogen-bond acceptors (Lipinski definition) is 7. The Morgan fingerprint density at radius 2 is 2.00 bits per heavy atom. The lowest BCUT2D eigenvalue weighted by Crippen LogP contribution is -2.42. The maximum absolute atomic E-state index is 12.1. The van der Waals surface area contributed by atoms with Gasteiger partial charge >= 0.3 is 0 Å². The number of aromatic nitrogens is 2. The average molecular weight is 438 g/mol. The minimum atomic E-state index is -0.568. The van der Waals surface area contributed by atoms with Gasteiger partial charge in [-0.2, -0.15) is 0 Å². The lowest BCUT2D eigenvalue weighted by molar-refractivity contribution is -0.130. The van der Waals surface area contributed by atoms with E-state index in [1.54, 1.807) is 23.3 Å². The average Bonchev–Trinajstić information content (AvgIpc) is 3.23. The van der Waals surface area contributed by atoms with Gasteiger partial charge in [-0.3, -0.25) is 14.8 Å². The summed E-state index contributed by atoms with van der Waals surface area (Å²) >= 11 is 0. The van der Waals surface area contributed by atoms with Crippen molar-refractivity contribution in [1.82, 2.24) is 25.4 Å². The van der Waals surface area contributed by atoms with Crippen molar-refractivity contribution < 1.29 is 14.8 Å². The fraction of sp³-hybridized carbons (Fsp3) is 0.227. The van der Waals surface area contributed by atoms with Gasteiger partial charge in [-0.1, -0.05) is 42.5 Å². The van der Waals surface area contributed by atoms with Crippen molar-refractivity contribution in [3.63, 3.8) is 0 Å². The predicted molar refractivity (Wildman–Crippen MR) is 120 cm³/mol. The molecule has 2 amide bonds. The zero-order chi connectivity index (χ0) is 23.1. The molecule has 0 bridgehead atoms. The van der Waals surface area contributed by atoms with E-state index >= 15 is 0 Å². The van der Waals surface area contributed by atoms with Gasteiger partial charge in [-0.25, -0.2) is 16.3 Å². The standard InChI is InChI=1S/C22H27N7O3/c1-28-13-20(26-14-28)22(31)25-11-18(23)12-29(24)19(10-21(30)27-32)9-15-6-7-16-4-2-3-5-17(16)8-15/h2-8,12-14,19,32H,9-11,23-24H2,1H3,(H,25,31)(H,27,30)/b18-12-. The molecule has 1 atom stereocenters. The maximum atomic E-state index is 12.1. The molecule has 32 heavy (non-hydrogen) atoms. The lowest BCUT2D eigenvalue weighted by Gasteiger charge is -2.26. The van der Waals surface area contributed by atoms with E-state index in [9.17, 15) is 9.59 Å². The molecule has 7 N–H and O–H groups in total. The Labute approximate surface area is 185 Å². The third kappa shape index (κ3) is 6.06. The van der Waals surface area contributed by atoms with Crippen LogP contribution in [0.1, 0.15) is 22.5 Å². The molecule has 1 heterocycles. The van der Waals surface area contributed by atoms with Crippen molar-refractivity contribution in [1.29, 1.82) is 0 Å². The number of carbonyl (C=O) groups is 2. The van der Waals surface area contributed by atoms with Crippen LogP contribution in [0.4, 0.5) is 0 Å². The van der Waals surface area contributed by atoms with Crippen LogP contribution in [0.3, 0.4) is 0 Å². The zero-order valence-electron chi connectivity index (χ0n) is 17.7. The van der Waals surface area contributed by atoms with Crippen molar-refractivity contribution in [2.45, 2.75) is 18.9 Å². The highest BCUT2D eigenvalue weighted by molar-refractivity contribution is 5.92. The molecular formula is C22H27N7O3. The largest absolute Gasteiger partial charge is 0.399 e. The molecule has 0 fully saturated rings. The van der Waals surface area contributed by atoms with E-state index in [1.807, 2.05) is 42.5 Å². The molecule has 0 saturated heterocycles. The van der Waals surface area contributed by atoms with Crippen LogP contribution in [0, 0.1) is 0 Å². The van der Waals surface area contributed by atoms with Crippen LogP contribution in [0.2, 0.25) is 0 Å². The van der Waals surface area contributed by atoms with E-state index in [1.165, 1.54) is 17.5 Å². The number of nitrogens with zero attached hydrogens (tertiary/aromatic N) is 3. The second-order valence-electron chi connectivity index (χ2n) is 7.54. The van der Waals surface area contributed by atoms with Crippen LogP contribution in [0.5, 0.6) is 0 Å². The highest BCUT2D eigenvalue weighted by Gasteiger charge is 2.19. The Morgan fingerprint density at radius 1 is 1.25 bits per heavy atom. The topological polar surface area (TPSA) is 152 Å². The van der Waals surface area contributed by atoms with Gasteiger partial charge in [0.15, 0.2) is 0 Å². The first-order valence-electron chi connectivity index (χ1n) is 10.0. The molecule has 0 aliphatic rings. The number of carbonyl (C=O) groups excluding carboxylic acids is 2. The molecule has 10 heteroatoms. The normalized spacial score (nSPS) is 12.4. The maximum Gasteiger partial charge on any atom is 0.271 e. The van der Waals surface area contributed by atoms with E-state index in [2.05, 4.69) is 10.3 Å². The van der Waals surface area contributed by atoms with E-state index < -0.39 is 11.9 Å². The molecule has 3 aromatic rings. The van der Waals surface area contributed by atoms with Gasteiger partial charge < -0.3 is 20.6 Å². The van der Waals surface area contributed by atoms with Gasteiger partial charge in [0.2, 0.25) is 5.91 Å². The van der Waals surface area contributed by atoms with Crippen molar-refractivity contribution in [2.24, 2.45) is 18.6 Å². The third-order valence-corrected chi connectivity index (χ3v) is 4.96. The van der Waals surface area contributed by atoms with E-state index in [4.69, 9.17) is 16.8 Å². The summed E-state index contributed by atoms with van der Waals surface area (Å²) in [6.45, 7) is 0.0536. The van der Waals surface area contributed by atoms with Crippen LogP contribution >= 0.6 is 0 Å². The van der Waals surface area contributed by atoms with Gasteiger partial charge in [-0.15, -0.1) is 0 Å². The minimum absolute atomic E-state index is 0.0517. The highest BCUT2D eigenvalue weighted by Crippen LogP contribution is 2.18. The number of benzene rings is 2. The SMILES string of the molecule is Cn1cnc(C(=O)NC/C(N)=C/N(N)C(CC(=O)NO)Cc2ccc3ccccc3c2)c1. The number of imidazole rings is 1. The first-order valence-corrected chi connectivity index (χ1v) is 10.0. The predicted octanol–water partition coefficient (Wildman–Crippen LogP) is 0.786. The Kier molecular flexibility index (Phi) is 7.42. The van der Waals surface area contributed by atoms with E-state index in [-0.39, 0.29) is 24.6 Å². The molecular weight excluding hydrogens is 410 g/mol. The Balaban J connectivity index is 1.68. The number of amides is 2. The lowest BCUT2D eigenvalue weighted by atomic mass is 9.99. The summed E-state index contributed by atoms with van der Waals surface area (Å²) in [6, 6.07) is 13.5. The van der Waals surface area contributed by atoms with Crippen molar-refractivity contribution in [3.05, 3.63) is 78.1 Å². The Hall–Kier alpha value is -3.89. The molecule has 1 aromatic heterocycles. The molecule has 0 aliphatic carbocycles. The van der Waals surface area contributed by atoms with Gasteiger partial charge in [0.25, 0.3) is 5.91 Å². The minimum Gasteiger partial charge on any atom is -0.399 e. The molecule has 0 radical (unpaired) electrons. The number of rotatable bonds is 9. The quantitative estimate of drug-likeness (QED) is 0.188. The molecule has 10 nitrogen and oxygen atoms in total.